The van der Waals surface area contributed by atoms with Crippen molar-refractivity contribution in [1.82, 2.24) is 0 Å². The van der Waals surface area contributed by atoms with Crippen molar-refractivity contribution >= 4 is 5.97 Å². The Bertz CT molecular complexity index is 466. The SMILES string of the molecule is Cc1ccc(C(N)C(=O)O)c(OCC2CC2)c1C. The van der Waals surface area contributed by atoms with E-state index in [9.17, 15) is 4.79 Å². The fourth-order valence-electron chi connectivity index (χ4n) is 1.87. The summed E-state index contributed by atoms with van der Waals surface area (Å²) in [7, 11) is 0. The van der Waals surface area contributed by atoms with E-state index in [1.807, 2.05) is 19.9 Å². The number of hydrogen-bond donors (Lipinski definition) is 2. The first-order valence-electron chi connectivity index (χ1n) is 6.22. The van der Waals surface area contributed by atoms with Crippen molar-refractivity contribution in [2.24, 2.45) is 11.7 Å². The molecule has 0 aliphatic heterocycles. The van der Waals surface area contributed by atoms with Gasteiger partial charge in [0.05, 0.1) is 6.61 Å². The molecule has 0 heterocycles. The molecule has 1 aromatic carbocycles. The molecule has 0 radical (unpaired) electrons. The molecule has 1 fully saturated rings. The van der Waals surface area contributed by atoms with Crippen LogP contribution < -0.4 is 10.5 Å². The van der Waals surface area contributed by atoms with E-state index in [-0.39, 0.29) is 0 Å². The predicted octanol–water partition coefficient (Wildman–Crippen LogP) is 2.18. The zero-order valence-electron chi connectivity index (χ0n) is 10.8. The number of carboxylic acid groups (broad SMARTS) is 1. The first-order valence-corrected chi connectivity index (χ1v) is 6.22. The van der Waals surface area contributed by atoms with E-state index < -0.39 is 12.0 Å². The molecule has 18 heavy (non-hydrogen) atoms. The third-order valence-electron chi connectivity index (χ3n) is 3.47. The maximum atomic E-state index is 11.0. The third-order valence-corrected chi connectivity index (χ3v) is 3.47. The van der Waals surface area contributed by atoms with Gasteiger partial charge in [0.1, 0.15) is 11.8 Å². The number of carboxylic acids is 1. The van der Waals surface area contributed by atoms with Gasteiger partial charge in [-0.1, -0.05) is 12.1 Å². The Balaban J connectivity index is 2.30. The van der Waals surface area contributed by atoms with Crippen LogP contribution in [-0.2, 0) is 4.79 Å². The highest BCUT2D eigenvalue weighted by Crippen LogP contribution is 2.34. The van der Waals surface area contributed by atoms with Gasteiger partial charge in [-0.3, -0.25) is 4.79 Å². The minimum absolute atomic E-state index is 0.561. The number of aryl methyl sites for hydroxylation is 1. The van der Waals surface area contributed by atoms with Gasteiger partial charge in [-0.05, 0) is 43.7 Å². The van der Waals surface area contributed by atoms with Crippen molar-refractivity contribution in [2.45, 2.75) is 32.7 Å². The molecule has 0 spiro atoms. The second-order valence-electron chi connectivity index (χ2n) is 5.00. The number of benzene rings is 1. The smallest absolute Gasteiger partial charge is 0.325 e. The summed E-state index contributed by atoms with van der Waals surface area (Å²) in [6, 6.07) is 2.61. The molecule has 0 aromatic heterocycles. The van der Waals surface area contributed by atoms with Crippen molar-refractivity contribution in [2.75, 3.05) is 6.61 Å². The summed E-state index contributed by atoms with van der Waals surface area (Å²) in [6.45, 7) is 4.58. The molecule has 4 heteroatoms. The summed E-state index contributed by atoms with van der Waals surface area (Å²) in [5.41, 5.74) is 8.32. The van der Waals surface area contributed by atoms with E-state index >= 15 is 0 Å². The number of hydrogen-bond acceptors (Lipinski definition) is 3. The molecule has 1 aliphatic carbocycles. The molecular formula is C14H19NO3. The molecule has 0 saturated heterocycles. The zero-order valence-corrected chi connectivity index (χ0v) is 10.8. The van der Waals surface area contributed by atoms with Gasteiger partial charge in [-0.2, -0.15) is 0 Å². The van der Waals surface area contributed by atoms with Crippen LogP contribution in [0.4, 0.5) is 0 Å². The van der Waals surface area contributed by atoms with E-state index in [0.29, 0.717) is 23.8 Å². The summed E-state index contributed by atoms with van der Waals surface area (Å²) >= 11 is 0. The minimum atomic E-state index is -1.03. The zero-order chi connectivity index (χ0) is 13.3. The lowest BCUT2D eigenvalue weighted by Crippen LogP contribution is -2.22. The van der Waals surface area contributed by atoms with Gasteiger partial charge < -0.3 is 15.6 Å². The highest BCUT2D eigenvalue weighted by molar-refractivity contribution is 5.76. The quantitative estimate of drug-likeness (QED) is 0.839. The molecule has 0 amide bonds. The van der Waals surface area contributed by atoms with Crippen LogP contribution in [0.3, 0.4) is 0 Å². The van der Waals surface area contributed by atoms with Crippen LogP contribution in [0.25, 0.3) is 0 Å². The Morgan fingerprint density at radius 3 is 2.72 bits per heavy atom. The number of nitrogens with two attached hydrogens (primary N) is 1. The van der Waals surface area contributed by atoms with Crippen LogP contribution >= 0.6 is 0 Å². The average Bonchev–Trinajstić information content (AvgIpc) is 3.14. The molecule has 2 rings (SSSR count). The molecule has 1 unspecified atom stereocenters. The van der Waals surface area contributed by atoms with Gasteiger partial charge in [0, 0.05) is 5.56 Å². The average molecular weight is 249 g/mol. The number of ether oxygens (including phenoxy) is 1. The van der Waals surface area contributed by atoms with Crippen molar-refractivity contribution < 1.29 is 14.6 Å². The van der Waals surface area contributed by atoms with Crippen molar-refractivity contribution in [3.63, 3.8) is 0 Å². The third kappa shape index (κ3) is 2.64. The molecule has 1 aromatic rings. The minimum Gasteiger partial charge on any atom is -0.493 e. The van der Waals surface area contributed by atoms with E-state index in [1.54, 1.807) is 6.07 Å². The molecule has 1 aliphatic rings. The fraction of sp³-hybridized carbons (Fsp3) is 0.500. The molecule has 1 atom stereocenters. The Kier molecular flexibility index (Phi) is 3.57. The Morgan fingerprint density at radius 2 is 2.17 bits per heavy atom. The van der Waals surface area contributed by atoms with Crippen LogP contribution in [0, 0.1) is 19.8 Å². The molecule has 0 bridgehead atoms. The predicted molar refractivity (Wildman–Crippen MR) is 68.7 cm³/mol. The van der Waals surface area contributed by atoms with Crippen LogP contribution in [0.15, 0.2) is 12.1 Å². The van der Waals surface area contributed by atoms with Crippen molar-refractivity contribution in [1.29, 1.82) is 0 Å². The fourth-order valence-corrected chi connectivity index (χ4v) is 1.87. The molecule has 3 N–H and O–H groups in total. The summed E-state index contributed by atoms with van der Waals surface area (Å²) < 4.78 is 5.80. The standard InChI is InChI=1S/C14H19NO3/c1-8-3-6-11(12(15)14(16)17)13(9(8)2)18-7-10-4-5-10/h3,6,10,12H,4-5,7,15H2,1-2H3,(H,16,17). The largest absolute Gasteiger partial charge is 0.493 e. The lowest BCUT2D eigenvalue weighted by molar-refractivity contribution is -0.138. The number of carbonyl (C=O) groups is 1. The Hall–Kier alpha value is -1.55. The maximum Gasteiger partial charge on any atom is 0.325 e. The van der Waals surface area contributed by atoms with Crippen LogP contribution in [0.5, 0.6) is 5.75 Å². The van der Waals surface area contributed by atoms with Gasteiger partial charge in [0.25, 0.3) is 0 Å². The molecule has 1 saturated carbocycles. The second-order valence-corrected chi connectivity index (χ2v) is 5.00. The van der Waals surface area contributed by atoms with E-state index in [1.165, 1.54) is 12.8 Å². The summed E-state index contributed by atoms with van der Waals surface area (Å²) in [6.07, 6.45) is 2.40. The van der Waals surface area contributed by atoms with Gasteiger partial charge in [0.15, 0.2) is 0 Å². The van der Waals surface area contributed by atoms with Crippen LogP contribution in [0.2, 0.25) is 0 Å². The highest BCUT2D eigenvalue weighted by atomic mass is 16.5. The topological polar surface area (TPSA) is 72.6 Å². The van der Waals surface area contributed by atoms with Crippen molar-refractivity contribution in [3.8, 4) is 5.75 Å². The normalized spacial score (nSPS) is 16.4. The number of rotatable bonds is 5. The lowest BCUT2D eigenvalue weighted by Gasteiger charge is -2.18. The van der Waals surface area contributed by atoms with Gasteiger partial charge >= 0.3 is 5.97 Å². The number of aliphatic carboxylic acids is 1. The second kappa shape index (κ2) is 4.98. The maximum absolute atomic E-state index is 11.0. The molecule has 4 nitrogen and oxygen atoms in total. The van der Waals surface area contributed by atoms with E-state index in [0.717, 1.165) is 11.1 Å². The first kappa shape index (κ1) is 12.9. The molecule has 98 valence electrons. The molecular weight excluding hydrogens is 230 g/mol. The van der Waals surface area contributed by atoms with Crippen LogP contribution in [0.1, 0.15) is 35.6 Å². The van der Waals surface area contributed by atoms with Gasteiger partial charge in [-0.15, -0.1) is 0 Å². The summed E-state index contributed by atoms with van der Waals surface area (Å²) in [5, 5.41) is 9.03. The highest BCUT2D eigenvalue weighted by Gasteiger charge is 2.25. The first-order chi connectivity index (χ1) is 8.50. The van der Waals surface area contributed by atoms with E-state index in [2.05, 4.69) is 0 Å². The summed E-state index contributed by atoms with van der Waals surface area (Å²) in [5.74, 6) is 0.241. The van der Waals surface area contributed by atoms with Gasteiger partial charge in [-0.25, -0.2) is 0 Å². The Labute approximate surface area is 107 Å². The van der Waals surface area contributed by atoms with Gasteiger partial charge in [0.2, 0.25) is 0 Å². The van der Waals surface area contributed by atoms with E-state index in [4.69, 9.17) is 15.6 Å². The summed E-state index contributed by atoms with van der Waals surface area (Å²) in [4.78, 5) is 11.0. The lowest BCUT2D eigenvalue weighted by atomic mass is 9.99. The monoisotopic (exact) mass is 249 g/mol. The van der Waals surface area contributed by atoms with Crippen molar-refractivity contribution in [3.05, 3.63) is 28.8 Å². The Morgan fingerprint density at radius 1 is 1.50 bits per heavy atom. The van der Waals surface area contributed by atoms with Crippen LogP contribution in [-0.4, -0.2) is 17.7 Å².